The number of unbranched alkanes of at least 4 members (excludes halogenated alkanes) is 3. The summed E-state index contributed by atoms with van der Waals surface area (Å²) in [5, 5.41) is 0. The molecule has 0 spiro atoms. The topological polar surface area (TPSA) is 28.7 Å². The molecule has 0 bridgehead atoms. The molecule has 1 aromatic heterocycles. The minimum absolute atomic E-state index is 0.707. The SMILES string of the molecule is CCCCCC[PH](C)(C)C.c1c[nH]cn1. The van der Waals surface area contributed by atoms with E-state index in [2.05, 4.69) is 36.9 Å². The number of nitrogens with zero attached hydrogens (tertiary/aromatic N) is 1. The van der Waals surface area contributed by atoms with E-state index in [0.29, 0.717) is 0 Å². The van der Waals surface area contributed by atoms with Crippen LogP contribution in [0.3, 0.4) is 0 Å². The van der Waals surface area contributed by atoms with E-state index >= 15 is 0 Å². The Morgan fingerprint density at radius 2 is 1.87 bits per heavy atom. The fourth-order valence-corrected chi connectivity index (χ4v) is 2.61. The molecular formula is C12H27N2P. The molecule has 3 heteroatoms. The first-order chi connectivity index (χ1) is 7.06. The Kier molecular flexibility index (Phi) is 8.70. The fourth-order valence-electron chi connectivity index (χ4n) is 1.30. The Bertz CT molecular complexity index is 185. The van der Waals surface area contributed by atoms with Crippen molar-refractivity contribution in [3.8, 4) is 0 Å². The smallest absolute Gasteiger partial charge is 0.0919 e. The summed E-state index contributed by atoms with van der Waals surface area (Å²) in [6.45, 7) is 9.64. The van der Waals surface area contributed by atoms with E-state index in [9.17, 15) is 0 Å². The largest absolute Gasteiger partial charge is 0.351 e. The van der Waals surface area contributed by atoms with E-state index in [0.717, 1.165) is 0 Å². The Balaban J connectivity index is 0.000000322. The third-order valence-electron chi connectivity index (χ3n) is 2.19. The van der Waals surface area contributed by atoms with Gasteiger partial charge < -0.3 is 4.98 Å². The van der Waals surface area contributed by atoms with Crippen LogP contribution in [-0.2, 0) is 0 Å². The zero-order valence-electron chi connectivity index (χ0n) is 10.7. The summed E-state index contributed by atoms with van der Waals surface area (Å²) in [4.78, 5) is 6.42. The van der Waals surface area contributed by atoms with Crippen molar-refractivity contribution in [2.24, 2.45) is 0 Å². The summed E-state index contributed by atoms with van der Waals surface area (Å²) in [5.41, 5.74) is 0. The van der Waals surface area contributed by atoms with Gasteiger partial charge in [-0.2, -0.15) is 0 Å². The van der Waals surface area contributed by atoms with E-state index < -0.39 is 7.26 Å². The molecule has 0 aliphatic rings. The van der Waals surface area contributed by atoms with Gasteiger partial charge in [0.15, 0.2) is 0 Å². The average Bonchev–Trinajstić information content (AvgIpc) is 2.68. The van der Waals surface area contributed by atoms with Crippen molar-refractivity contribution in [1.29, 1.82) is 0 Å². The second kappa shape index (κ2) is 8.91. The number of imidazole rings is 1. The van der Waals surface area contributed by atoms with E-state index in [1.165, 1.54) is 31.8 Å². The molecule has 1 heterocycles. The van der Waals surface area contributed by atoms with Crippen LogP contribution < -0.4 is 0 Å². The maximum absolute atomic E-state index is 3.67. The van der Waals surface area contributed by atoms with Crippen molar-refractivity contribution < 1.29 is 0 Å². The molecule has 15 heavy (non-hydrogen) atoms. The van der Waals surface area contributed by atoms with Gasteiger partial charge in [0.25, 0.3) is 0 Å². The molecule has 0 saturated heterocycles. The Labute approximate surface area is 95.2 Å². The van der Waals surface area contributed by atoms with Crippen LogP contribution in [0.2, 0.25) is 0 Å². The van der Waals surface area contributed by atoms with Gasteiger partial charge in [0.05, 0.1) is 6.33 Å². The number of rotatable bonds is 5. The summed E-state index contributed by atoms with van der Waals surface area (Å²) in [5.74, 6) is 0. The van der Waals surface area contributed by atoms with Crippen molar-refractivity contribution >= 4 is 7.26 Å². The molecule has 0 fully saturated rings. The van der Waals surface area contributed by atoms with Gasteiger partial charge in [-0.1, -0.05) is 0 Å². The van der Waals surface area contributed by atoms with Crippen LogP contribution in [-0.4, -0.2) is 36.1 Å². The number of aromatic amines is 1. The first-order valence-corrected chi connectivity index (χ1v) is 9.69. The van der Waals surface area contributed by atoms with E-state index in [1.807, 2.05) is 0 Å². The van der Waals surface area contributed by atoms with Gasteiger partial charge in [-0.25, -0.2) is 4.98 Å². The van der Waals surface area contributed by atoms with Gasteiger partial charge >= 0.3 is 66.0 Å². The zero-order valence-corrected chi connectivity index (χ0v) is 11.7. The Morgan fingerprint density at radius 1 is 1.13 bits per heavy atom. The molecule has 0 atom stereocenters. The molecular weight excluding hydrogens is 203 g/mol. The van der Waals surface area contributed by atoms with Crippen molar-refractivity contribution in [1.82, 2.24) is 9.97 Å². The van der Waals surface area contributed by atoms with Crippen molar-refractivity contribution in [2.45, 2.75) is 32.6 Å². The van der Waals surface area contributed by atoms with E-state index in [1.54, 1.807) is 18.7 Å². The number of H-pyrrole nitrogens is 1. The molecule has 1 aromatic rings. The molecule has 0 unspecified atom stereocenters. The van der Waals surface area contributed by atoms with Crippen LogP contribution in [0.4, 0.5) is 0 Å². The van der Waals surface area contributed by atoms with E-state index in [-0.39, 0.29) is 0 Å². The monoisotopic (exact) mass is 230 g/mol. The van der Waals surface area contributed by atoms with Gasteiger partial charge in [0.2, 0.25) is 0 Å². The quantitative estimate of drug-likeness (QED) is 0.607. The number of nitrogens with one attached hydrogen (secondary N) is 1. The summed E-state index contributed by atoms with van der Waals surface area (Å²) in [6, 6.07) is 0. The predicted molar refractivity (Wildman–Crippen MR) is 73.7 cm³/mol. The van der Waals surface area contributed by atoms with Crippen molar-refractivity contribution in [2.75, 3.05) is 26.2 Å². The minimum atomic E-state index is -0.707. The zero-order chi connectivity index (χ0) is 11.6. The summed E-state index contributed by atoms with van der Waals surface area (Å²) >= 11 is 0. The fraction of sp³-hybridized carbons (Fsp3) is 0.750. The molecule has 0 amide bonds. The van der Waals surface area contributed by atoms with Gasteiger partial charge in [-0.15, -0.1) is 0 Å². The Hall–Kier alpha value is -0.360. The second-order valence-electron chi connectivity index (χ2n) is 5.13. The summed E-state index contributed by atoms with van der Waals surface area (Å²) in [6.07, 6.45) is 12.3. The molecule has 0 aliphatic heterocycles. The van der Waals surface area contributed by atoms with Crippen LogP contribution in [0.15, 0.2) is 18.7 Å². The van der Waals surface area contributed by atoms with Crippen LogP contribution in [0.5, 0.6) is 0 Å². The normalized spacial score (nSPS) is 11.7. The maximum Gasteiger partial charge on any atom is 0.0919 e. The summed E-state index contributed by atoms with van der Waals surface area (Å²) in [7, 11) is -0.707. The van der Waals surface area contributed by atoms with Gasteiger partial charge in [-0.05, 0) is 0 Å². The molecule has 0 aromatic carbocycles. The molecule has 0 aliphatic carbocycles. The number of hydrogen-bond donors (Lipinski definition) is 1. The standard InChI is InChI=1S/C9H23P.C3H4N2/c1-5-6-7-8-9-10(2,3)4;1-2-5-3-4-1/h10H,5-9H2,1-4H3;1-3H,(H,4,5). The van der Waals surface area contributed by atoms with Crippen LogP contribution in [0, 0.1) is 0 Å². The first kappa shape index (κ1) is 14.6. The van der Waals surface area contributed by atoms with Gasteiger partial charge in [-0.3, -0.25) is 0 Å². The van der Waals surface area contributed by atoms with Gasteiger partial charge in [0, 0.05) is 12.4 Å². The summed E-state index contributed by atoms with van der Waals surface area (Å²) < 4.78 is 0. The molecule has 0 radical (unpaired) electrons. The maximum atomic E-state index is 3.67. The molecule has 90 valence electrons. The molecule has 1 rings (SSSR count). The molecule has 1 N–H and O–H groups in total. The van der Waals surface area contributed by atoms with Crippen LogP contribution in [0.1, 0.15) is 32.6 Å². The predicted octanol–water partition coefficient (Wildman–Crippen LogP) is 3.62. The Morgan fingerprint density at radius 3 is 2.20 bits per heavy atom. The van der Waals surface area contributed by atoms with Crippen LogP contribution >= 0.6 is 7.26 Å². The van der Waals surface area contributed by atoms with E-state index in [4.69, 9.17) is 0 Å². The average molecular weight is 230 g/mol. The minimum Gasteiger partial charge on any atom is -0.351 e. The first-order valence-electron chi connectivity index (χ1n) is 5.99. The third kappa shape index (κ3) is 13.6. The van der Waals surface area contributed by atoms with Crippen molar-refractivity contribution in [3.63, 3.8) is 0 Å². The number of hydrogen-bond acceptors (Lipinski definition) is 1. The molecule has 2 nitrogen and oxygen atoms in total. The third-order valence-corrected chi connectivity index (χ3v) is 4.04. The van der Waals surface area contributed by atoms with Crippen LogP contribution in [0.25, 0.3) is 0 Å². The van der Waals surface area contributed by atoms with Crippen molar-refractivity contribution in [3.05, 3.63) is 18.7 Å². The second-order valence-corrected chi connectivity index (χ2v) is 10.8. The number of aromatic nitrogens is 2. The molecule has 0 saturated carbocycles. The van der Waals surface area contributed by atoms with Gasteiger partial charge in [0.1, 0.15) is 0 Å².